The Bertz CT molecular complexity index is 146. The smallest absolute Gasteiger partial charge is 0.222 e. The van der Waals surface area contributed by atoms with Crippen LogP contribution in [0.1, 0.15) is 13.3 Å². The van der Waals surface area contributed by atoms with Gasteiger partial charge in [0, 0.05) is 26.1 Å². The first-order valence-corrected chi connectivity index (χ1v) is 4.40. The summed E-state index contributed by atoms with van der Waals surface area (Å²) in [4.78, 5) is 11.1. The molecule has 4 nitrogen and oxygen atoms in total. The fourth-order valence-corrected chi connectivity index (χ4v) is 1.000. The second-order valence-corrected chi connectivity index (χ2v) is 2.87. The minimum atomic E-state index is 0.0925. The van der Waals surface area contributed by atoms with E-state index in [2.05, 4.69) is 10.6 Å². The number of amides is 1. The molecule has 0 atom stereocenters. The minimum absolute atomic E-state index is 0.0925. The molecule has 0 spiro atoms. The van der Waals surface area contributed by atoms with Crippen molar-refractivity contribution in [3.05, 3.63) is 0 Å². The van der Waals surface area contributed by atoms with Crippen LogP contribution in [0.15, 0.2) is 0 Å². The molecule has 0 aromatic carbocycles. The van der Waals surface area contributed by atoms with E-state index < -0.39 is 0 Å². The van der Waals surface area contributed by atoms with Crippen molar-refractivity contribution in [3.63, 3.8) is 0 Å². The lowest BCUT2D eigenvalue weighted by Crippen LogP contribution is -2.57. The van der Waals surface area contributed by atoms with Gasteiger partial charge >= 0.3 is 0 Å². The summed E-state index contributed by atoms with van der Waals surface area (Å²) >= 11 is 0. The zero-order valence-corrected chi connectivity index (χ0v) is 7.43. The van der Waals surface area contributed by atoms with Crippen molar-refractivity contribution in [3.8, 4) is 0 Å². The number of rotatable bonds is 5. The maximum Gasteiger partial charge on any atom is 0.222 e. The van der Waals surface area contributed by atoms with Crippen LogP contribution >= 0.6 is 0 Å². The molecule has 0 unspecified atom stereocenters. The fraction of sp³-hybridized carbons (Fsp3) is 0.875. The predicted octanol–water partition coefficient (Wildman–Crippen LogP) is -0.499. The van der Waals surface area contributed by atoms with Crippen LogP contribution in [0, 0.1) is 0 Å². The van der Waals surface area contributed by atoms with E-state index in [9.17, 15) is 4.79 Å². The van der Waals surface area contributed by atoms with Crippen molar-refractivity contribution in [2.45, 2.75) is 19.4 Å². The van der Waals surface area contributed by atoms with Crippen LogP contribution in [0.5, 0.6) is 0 Å². The van der Waals surface area contributed by atoms with Crippen molar-refractivity contribution in [1.82, 2.24) is 10.6 Å². The first-order valence-electron chi connectivity index (χ1n) is 4.40. The van der Waals surface area contributed by atoms with E-state index in [4.69, 9.17) is 4.74 Å². The Morgan fingerprint density at radius 2 is 2.42 bits per heavy atom. The Balaban J connectivity index is 1.95. The minimum Gasteiger partial charge on any atom is -0.381 e. The third kappa shape index (κ3) is 3.19. The number of ether oxygens (including phenoxy) is 1. The lowest BCUT2D eigenvalue weighted by Gasteiger charge is -2.27. The van der Waals surface area contributed by atoms with Gasteiger partial charge in [-0.25, -0.2) is 0 Å². The average Bonchev–Trinajstić information content (AvgIpc) is 1.98. The standard InChI is InChI=1S/C8H16N2O2/c1-2-12-4-3-8(11)10-7-5-9-6-7/h7,9H,2-6H2,1H3,(H,10,11). The third-order valence-electron chi connectivity index (χ3n) is 1.82. The summed E-state index contributed by atoms with van der Waals surface area (Å²) in [7, 11) is 0. The molecule has 0 radical (unpaired) electrons. The first kappa shape index (κ1) is 9.48. The number of carbonyl (C=O) groups is 1. The molecule has 70 valence electrons. The van der Waals surface area contributed by atoms with Crippen molar-refractivity contribution >= 4 is 5.91 Å². The normalized spacial score (nSPS) is 17.1. The van der Waals surface area contributed by atoms with Gasteiger partial charge in [0.1, 0.15) is 0 Å². The van der Waals surface area contributed by atoms with E-state index in [1.54, 1.807) is 0 Å². The van der Waals surface area contributed by atoms with Gasteiger partial charge in [-0.1, -0.05) is 0 Å². The van der Waals surface area contributed by atoms with Crippen LogP contribution < -0.4 is 10.6 Å². The number of hydrogen-bond acceptors (Lipinski definition) is 3. The highest BCUT2D eigenvalue weighted by atomic mass is 16.5. The molecule has 1 rings (SSSR count). The zero-order chi connectivity index (χ0) is 8.81. The van der Waals surface area contributed by atoms with Gasteiger partial charge in [-0.2, -0.15) is 0 Å². The molecule has 1 heterocycles. The second-order valence-electron chi connectivity index (χ2n) is 2.87. The summed E-state index contributed by atoms with van der Waals surface area (Å²) in [5, 5.41) is 5.98. The number of carbonyl (C=O) groups excluding carboxylic acids is 1. The molecule has 1 amide bonds. The summed E-state index contributed by atoms with van der Waals surface area (Å²) in [5.41, 5.74) is 0. The zero-order valence-electron chi connectivity index (χ0n) is 7.43. The van der Waals surface area contributed by atoms with Gasteiger partial charge in [0.25, 0.3) is 0 Å². The van der Waals surface area contributed by atoms with Gasteiger partial charge in [0.05, 0.1) is 12.6 Å². The highest BCUT2D eigenvalue weighted by Crippen LogP contribution is 1.91. The fourth-order valence-electron chi connectivity index (χ4n) is 1.000. The van der Waals surface area contributed by atoms with E-state index in [0.29, 0.717) is 25.7 Å². The molecule has 1 saturated heterocycles. The molecular weight excluding hydrogens is 156 g/mol. The maximum atomic E-state index is 11.1. The van der Waals surface area contributed by atoms with Crippen LogP contribution in [-0.2, 0) is 9.53 Å². The van der Waals surface area contributed by atoms with E-state index in [1.165, 1.54) is 0 Å². The molecule has 1 aliphatic rings. The summed E-state index contributed by atoms with van der Waals surface area (Å²) < 4.78 is 5.06. The summed E-state index contributed by atoms with van der Waals surface area (Å²) in [6.07, 6.45) is 0.477. The highest BCUT2D eigenvalue weighted by Gasteiger charge is 2.17. The molecule has 0 saturated carbocycles. The molecule has 0 bridgehead atoms. The Labute approximate surface area is 72.7 Å². The second kappa shape index (κ2) is 5.11. The molecule has 2 N–H and O–H groups in total. The quantitative estimate of drug-likeness (QED) is 0.550. The van der Waals surface area contributed by atoms with Crippen molar-refractivity contribution in [2.24, 2.45) is 0 Å². The van der Waals surface area contributed by atoms with Crippen molar-refractivity contribution < 1.29 is 9.53 Å². The monoisotopic (exact) mass is 172 g/mol. The van der Waals surface area contributed by atoms with Crippen LogP contribution in [0.25, 0.3) is 0 Å². The van der Waals surface area contributed by atoms with Crippen LogP contribution in [-0.4, -0.2) is 38.3 Å². The molecule has 1 fully saturated rings. The lowest BCUT2D eigenvalue weighted by atomic mass is 10.2. The summed E-state index contributed by atoms with van der Waals surface area (Å²) in [5.74, 6) is 0.0925. The molecule has 0 aliphatic carbocycles. The largest absolute Gasteiger partial charge is 0.381 e. The van der Waals surface area contributed by atoms with E-state index >= 15 is 0 Å². The van der Waals surface area contributed by atoms with Gasteiger partial charge < -0.3 is 15.4 Å². The average molecular weight is 172 g/mol. The molecule has 12 heavy (non-hydrogen) atoms. The van der Waals surface area contributed by atoms with Gasteiger partial charge in [0.2, 0.25) is 5.91 Å². The van der Waals surface area contributed by atoms with E-state index in [-0.39, 0.29) is 5.91 Å². The number of hydrogen-bond donors (Lipinski definition) is 2. The Hall–Kier alpha value is -0.610. The van der Waals surface area contributed by atoms with Crippen LogP contribution in [0.2, 0.25) is 0 Å². The first-order chi connectivity index (χ1) is 5.83. The molecular formula is C8H16N2O2. The predicted molar refractivity (Wildman–Crippen MR) is 45.9 cm³/mol. The van der Waals surface area contributed by atoms with Gasteiger partial charge in [0.15, 0.2) is 0 Å². The Morgan fingerprint density at radius 1 is 1.67 bits per heavy atom. The summed E-state index contributed by atoms with van der Waals surface area (Å²) in [6.45, 7) is 4.94. The van der Waals surface area contributed by atoms with Gasteiger partial charge in [-0.05, 0) is 6.92 Å². The van der Waals surface area contributed by atoms with Gasteiger partial charge in [-0.3, -0.25) is 4.79 Å². The van der Waals surface area contributed by atoms with E-state index in [1.807, 2.05) is 6.92 Å². The molecule has 0 aromatic heterocycles. The maximum absolute atomic E-state index is 11.1. The highest BCUT2D eigenvalue weighted by molar-refractivity contribution is 5.76. The van der Waals surface area contributed by atoms with Gasteiger partial charge in [-0.15, -0.1) is 0 Å². The Kier molecular flexibility index (Phi) is 4.04. The van der Waals surface area contributed by atoms with Crippen molar-refractivity contribution in [2.75, 3.05) is 26.3 Å². The SMILES string of the molecule is CCOCCC(=O)NC1CNC1. The van der Waals surface area contributed by atoms with E-state index in [0.717, 1.165) is 13.1 Å². The lowest BCUT2D eigenvalue weighted by molar-refractivity contribution is -0.123. The van der Waals surface area contributed by atoms with Crippen LogP contribution in [0.3, 0.4) is 0 Å². The molecule has 1 aliphatic heterocycles. The third-order valence-corrected chi connectivity index (χ3v) is 1.82. The number of nitrogens with one attached hydrogen (secondary N) is 2. The topological polar surface area (TPSA) is 50.4 Å². The molecule has 4 heteroatoms. The van der Waals surface area contributed by atoms with Crippen LogP contribution in [0.4, 0.5) is 0 Å². The Morgan fingerprint density at radius 3 is 2.92 bits per heavy atom. The summed E-state index contributed by atoms with van der Waals surface area (Å²) in [6, 6.07) is 0.346. The van der Waals surface area contributed by atoms with Crippen molar-refractivity contribution in [1.29, 1.82) is 0 Å². The molecule has 0 aromatic rings.